The molecule has 0 saturated heterocycles. The fourth-order valence-corrected chi connectivity index (χ4v) is 4.49. The van der Waals surface area contributed by atoms with Crippen molar-refractivity contribution < 1.29 is 13.2 Å². The molecule has 0 atom stereocenters. The van der Waals surface area contributed by atoms with Gasteiger partial charge in [0.05, 0.1) is 9.79 Å². The van der Waals surface area contributed by atoms with Gasteiger partial charge in [-0.25, -0.2) is 8.42 Å². The highest BCUT2D eigenvalue weighted by Crippen LogP contribution is 2.30. The molecule has 0 fully saturated rings. The average molecular weight is 385 g/mol. The van der Waals surface area contributed by atoms with Crippen molar-refractivity contribution in [3.05, 3.63) is 60.3 Å². The Morgan fingerprint density at radius 2 is 1.78 bits per heavy atom. The molecule has 5 nitrogen and oxygen atoms in total. The van der Waals surface area contributed by atoms with Gasteiger partial charge in [-0.1, -0.05) is 49.2 Å². The highest BCUT2D eigenvalue weighted by atomic mass is 32.2. The molecule has 3 aromatic rings. The number of nitrogens with zero attached hydrogens (tertiary/aromatic N) is 1. The van der Waals surface area contributed by atoms with Gasteiger partial charge in [0.15, 0.2) is 0 Å². The van der Waals surface area contributed by atoms with Crippen LogP contribution in [0.5, 0.6) is 0 Å². The van der Waals surface area contributed by atoms with E-state index in [0.717, 1.165) is 23.9 Å². The minimum Gasteiger partial charge on any atom is -0.355 e. The Labute approximate surface area is 159 Å². The van der Waals surface area contributed by atoms with Crippen LogP contribution in [0.15, 0.2) is 64.5 Å². The summed E-state index contributed by atoms with van der Waals surface area (Å²) >= 11 is 0. The third-order valence-corrected chi connectivity index (χ3v) is 6.34. The van der Waals surface area contributed by atoms with Crippen LogP contribution in [0.25, 0.3) is 10.9 Å². The molecule has 0 saturated carbocycles. The van der Waals surface area contributed by atoms with Crippen LogP contribution in [0, 0.1) is 6.92 Å². The lowest BCUT2D eigenvalue weighted by Gasteiger charge is -2.06. The third-order valence-electron chi connectivity index (χ3n) is 4.54. The van der Waals surface area contributed by atoms with E-state index in [1.54, 1.807) is 41.1 Å². The lowest BCUT2D eigenvalue weighted by atomic mass is 10.2. The van der Waals surface area contributed by atoms with Crippen molar-refractivity contribution >= 4 is 26.6 Å². The fraction of sp³-hybridized carbons (Fsp3) is 0.286. The molecule has 6 heteroatoms. The minimum atomic E-state index is -3.67. The maximum absolute atomic E-state index is 13.2. The quantitative estimate of drug-likeness (QED) is 0.632. The molecule has 2 aromatic carbocycles. The number of aryl methyl sites for hydroxylation is 1. The van der Waals surface area contributed by atoms with Crippen molar-refractivity contribution in [2.45, 2.75) is 43.0 Å². The van der Waals surface area contributed by atoms with Crippen LogP contribution < -0.4 is 5.32 Å². The zero-order chi connectivity index (χ0) is 19.4. The largest absolute Gasteiger partial charge is 0.355 e. The monoisotopic (exact) mass is 384 g/mol. The molecule has 142 valence electrons. The van der Waals surface area contributed by atoms with E-state index in [1.165, 1.54) is 0 Å². The van der Waals surface area contributed by atoms with E-state index in [0.29, 0.717) is 11.9 Å². The molecule has 1 aromatic heterocycles. The predicted molar refractivity (Wildman–Crippen MR) is 106 cm³/mol. The molecule has 3 rings (SSSR count). The zero-order valence-corrected chi connectivity index (χ0v) is 16.4. The summed E-state index contributed by atoms with van der Waals surface area (Å²) in [6, 6.07) is 14.1. The first-order valence-corrected chi connectivity index (χ1v) is 10.6. The van der Waals surface area contributed by atoms with Crippen molar-refractivity contribution in [1.29, 1.82) is 0 Å². The van der Waals surface area contributed by atoms with Gasteiger partial charge >= 0.3 is 0 Å². The molecule has 0 aliphatic carbocycles. The molecule has 0 radical (unpaired) electrons. The van der Waals surface area contributed by atoms with Crippen LogP contribution in [0.2, 0.25) is 0 Å². The normalized spacial score (nSPS) is 11.6. The standard InChI is InChI=1S/C21H24N2O3S/c1-3-4-13-22-21(24)15-23-14-20(18-7-5-6-8-19(18)23)27(25,26)17-11-9-16(2)10-12-17/h5-12,14H,3-4,13,15H2,1-2H3,(H,22,24). The molecule has 1 N–H and O–H groups in total. The topological polar surface area (TPSA) is 68.2 Å². The van der Waals surface area contributed by atoms with Crippen molar-refractivity contribution in [2.75, 3.05) is 6.54 Å². The van der Waals surface area contributed by atoms with Crippen LogP contribution in [-0.2, 0) is 21.2 Å². The van der Waals surface area contributed by atoms with Crippen LogP contribution in [0.4, 0.5) is 0 Å². The van der Waals surface area contributed by atoms with Gasteiger partial charge in [-0.3, -0.25) is 4.79 Å². The number of amides is 1. The second-order valence-corrected chi connectivity index (χ2v) is 8.58. The minimum absolute atomic E-state index is 0.0909. The number of benzene rings is 2. The molecule has 27 heavy (non-hydrogen) atoms. The van der Waals surface area contributed by atoms with Gasteiger partial charge in [0.25, 0.3) is 0 Å². The number of para-hydroxylation sites is 1. The zero-order valence-electron chi connectivity index (χ0n) is 15.6. The van der Waals surface area contributed by atoms with E-state index in [4.69, 9.17) is 0 Å². The smallest absolute Gasteiger partial charge is 0.239 e. The number of hydrogen-bond donors (Lipinski definition) is 1. The van der Waals surface area contributed by atoms with E-state index < -0.39 is 9.84 Å². The summed E-state index contributed by atoms with van der Waals surface area (Å²) in [7, 11) is -3.67. The summed E-state index contributed by atoms with van der Waals surface area (Å²) in [4.78, 5) is 12.7. The molecule has 0 spiro atoms. The number of nitrogens with one attached hydrogen (secondary N) is 1. The van der Waals surface area contributed by atoms with Crippen molar-refractivity contribution in [1.82, 2.24) is 9.88 Å². The van der Waals surface area contributed by atoms with Gasteiger partial charge in [-0.05, 0) is 31.5 Å². The van der Waals surface area contributed by atoms with Gasteiger partial charge in [-0.15, -0.1) is 0 Å². The molecular weight excluding hydrogens is 360 g/mol. The Bertz CT molecular complexity index is 1050. The Hall–Kier alpha value is -2.60. The maximum Gasteiger partial charge on any atom is 0.239 e. The second kappa shape index (κ2) is 7.96. The number of fused-ring (bicyclic) bond motifs is 1. The van der Waals surface area contributed by atoms with Gasteiger partial charge in [0.1, 0.15) is 6.54 Å². The Kier molecular flexibility index (Phi) is 5.65. The summed E-state index contributed by atoms with van der Waals surface area (Å²) in [6.45, 7) is 4.70. The first-order chi connectivity index (χ1) is 12.9. The number of hydrogen-bond acceptors (Lipinski definition) is 3. The van der Waals surface area contributed by atoms with E-state index in [-0.39, 0.29) is 22.2 Å². The van der Waals surface area contributed by atoms with Crippen LogP contribution in [0.1, 0.15) is 25.3 Å². The summed E-state index contributed by atoms with van der Waals surface area (Å²) in [6.07, 6.45) is 3.50. The fourth-order valence-electron chi connectivity index (χ4n) is 3.02. The number of unbranched alkanes of at least 4 members (excludes halogenated alkanes) is 1. The van der Waals surface area contributed by atoms with E-state index in [2.05, 4.69) is 12.2 Å². The van der Waals surface area contributed by atoms with Gasteiger partial charge in [0.2, 0.25) is 15.7 Å². The second-order valence-electron chi connectivity index (χ2n) is 6.66. The average Bonchev–Trinajstić information content (AvgIpc) is 3.02. The molecule has 1 heterocycles. The van der Waals surface area contributed by atoms with Crippen LogP contribution >= 0.6 is 0 Å². The predicted octanol–water partition coefficient (Wildman–Crippen LogP) is 3.70. The Balaban J connectivity index is 1.99. The first kappa shape index (κ1) is 19.2. The maximum atomic E-state index is 13.2. The summed E-state index contributed by atoms with van der Waals surface area (Å²) < 4.78 is 28.0. The molecule has 0 bridgehead atoms. The molecule has 0 unspecified atom stereocenters. The number of sulfone groups is 1. The van der Waals surface area contributed by atoms with Crippen LogP contribution in [0.3, 0.4) is 0 Å². The van der Waals surface area contributed by atoms with Crippen molar-refractivity contribution in [3.63, 3.8) is 0 Å². The summed E-state index contributed by atoms with van der Waals surface area (Å²) in [5, 5.41) is 3.50. The molecule has 0 aliphatic heterocycles. The highest BCUT2D eigenvalue weighted by Gasteiger charge is 2.23. The third kappa shape index (κ3) is 4.06. The van der Waals surface area contributed by atoms with E-state index in [9.17, 15) is 13.2 Å². The number of carbonyl (C=O) groups excluding carboxylic acids is 1. The lowest BCUT2D eigenvalue weighted by Crippen LogP contribution is -2.28. The van der Waals surface area contributed by atoms with E-state index >= 15 is 0 Å². The summed E-state index contributed by atoms with van der Waals surface area (Å²) in [5.74, 6) is -0.122. The van der Waals surface area contributed by atoms with Gasteiger partial charge in [-0.2, -0.15) is 0 Å². The highest BCUT2D eigenvalue weighted by molar-refractivity contribution is 7.91. The first-order valence-electron chi connectivity index (χ1n) is 9.10. The van der Waals surface area contributed by atoms with Crippen molar-refractivity contribution in [2.24, 2.45) is 0 Å². The molecular formula is C21H24N2O3S. The lowest BCUT2D eigenvalue weighted by molar-refractivity contribution is -0.121. The van der Waals surface area contributed by atoms with Crippen LogP contribution in [-0.4, -0.2) is 25.4 Å². The van der Waals surface area contributed by atoms with E-state index in [1.807, 2.05) is 25.1 Å². The Morgan fingerprint density at radius 1 is 1.07 bits per heavy atom. The number of rotatable bonds is 7. The van der Waals surface area contributed by atoms with Crippen molar-refractivity contribution in [3.8, 4) is 0 Å². The number of aromatic nitrogens is 1. The SMILES string of the molecule is CCCCNC(=O)Cn1cc(S(=O)(=O)c2ccc(C)cc2)c2ccccc21. The summed E-state index contributed by atoms with van der Waals surface area (Å²) in [5.41, 5.74) is 1.73. The van der Waals surface area contributed by atoms with Gasteiger partial charge < -0.3 is 9.88 Å². The molecule has 0 aliphatic rings. The Morgan fingerprint density at radius 3 is 2.48 bits per heavy atom. The van der Waals surface area contributed by atoms with Gasteiger partial charge in [0, 0.05) is 23.6 Å². The molecule has 1 amide bonds. The number of carbonyl (C=O) groups is 1.